The Labute approximate surface area is 134 Å². The standard InChI is InChI=1S/C16H22INO2/c1-11-6-8-16(20,9-7-11)10-18-15(19)13-5-3-4-12(2)14(13)17/h3-5,11,20H,6-10H2,1-2H3,(H,18,19). The molecule has 20 heavy (non-hydrogen) atoms. The second kappa shape index (κ2) is 6.43. The second-order valence-corrected chi connectivity index (χ2v) is 7.10. The van der Waals surface area contributed by atoms with Crippen molar-refractivity contribution in [3.63, 3.8) is 0 Å². The van der Waals surface area contributed by atoms with Gasteiger partial charge in [-0.2, -0.15) is 0 Å². The number of nitrogens with one attached hydrogen (secondary N) is 1. The zero-order valence-electron chi connectivity index (χ0n) is 12.1. The van der Waals surface area contributed by atoms with E-state index < -0.39 is 5.60 Å². The highest BCUT2D eigenvalue weighted by Crippen LogP contribution is 2.31. The minimum atomic E-state index is -0.725. The van der Waals surface area contributed by atoms with Crippen LogP contribution in [0.2, 0.25) is 0 Å². The third-order valence-corrected chi connectivity index (χ3v) is 5.65. The fourth-order valence-corrected chi connectivity index (χ4v) is 3.24. The molecule has 0 aliphatic heterocycles. The van der Waals surface area contributed by atoms with Gasteiger partial charge in [0.1, 0.15) is 0 Å². The van der Waals surface area contributed by atoms with Gasteiger partial charge in [-0.1, -0.05) is 19.1 Å². The first-order chi connectivity index (χ1) is 9.41. The van der Waals surface area contributed by atoms with Crippen molar-refractivity contribution in [1.82, 2.24) is 5.32 Å². The quantitative estimate of drug-likeness (QED) is 0.783. The summed E-state index contributed by atoms with van der Waals surface area (Å²) in [5.41, 5.74) is 1.07. The molecule has 3 nitrogen and oxygen atoms in total. The minimum absolute atomic E-state index is 0.0925. The molecule has 0 atom stereocenters. The van der Waals surface area contributed by atoms with Crippen molar-refractivity contribution < 1.29 is 9.90 Å². The molecule has 1 saturated carbocycles. The highest BCUT2D eigenvalue weighted by Gasteiger charge is 2.32. The molecule has 1 aliphatic rings. The molecule has 0 aromatic heterocycles. The van der Waals surface area contributed by atoms with Gasteiger partial charge in [-0.15, -0.1) is 0 Å². The van der Waals surface area contributed by atoms with Crippen LogP contribution in [0.3, 0.4) is 0 Å². The molecule has 110 valence electrons. The van der Waals surface area contributed by atoms with Crippen LogP contribution in [0, 0.1) is 16.4 Å². The monoisotopic (exact) mass is 387 g/mol. The largest absolute Gasteiger partial charge is 0.388 e. The zero-order valence-corrected chi connectivity index (χ0v) is 14.2. The van der Waals surface area contributed by atoms with E-state index in [1.807, 2.05) is 25.1 Å². The van der Waals surface area contributed by atoms with E-state index in [2.05, 4.69) is 34.8 Å². The molecule has 1 aromatic rings. The maximum atomic E-state index is 12.2. The average molecular weight is 387 g/mol. The van der Waals surface area contributed by atoms with Crippen LogP contribution in [-0.2, 0) is 0 Å². The first-order valence-electron chi connectivity index (χ1n) is 7.17. The molecule has 0 unspecified atom stereocenters. The number of benzene rings is 1. The van der Waals surface area contributed by atoms with Gasteiger partial charge >= 0.3 is 0 Å². The average Bonchev–Trinajstić information content (AvgIpc) is 2.43. The van der Waals surface area contributed by atoms with Crippen LogP contribution in [0.5, 0.6) is 0 Å². The van der Waals surface area contributed by atoms with Crippen LogP contribution in [0.25, 0.3) is 0 Å². The molecule has 0 bridgehead atoms. The SMILES string of the molecule is Cc1cccc(C(=O)NCC2(O)CCC(C)CC2)c1I. The first kappa shape index (κ1) is 15.8. The van der Waals surface area contributed by atoms with Gasteiger partial charge in [-0.25, -0.2) is 0 Å². The van der Waals surface area contributed by atoms with E-state index in [1.165, 1.54) is 0 Å². The van der Waals surface area contributed by atoms with E-state index in [0.29, 0.717) is 18.0 Å². The molecule has 1 fully saturated rings. The topological polar surface area (TPSA) is 49.3 Å². The lowest BCUT2D eigenvalue weighted by Crippen LogP contribution is -2.45. The van der Waals surface area contributed by atoms with Crippen LogP contribution < -0.4 is 5.32 Å². The summed E-state index contributed by atoms with van der Waals surface area (Å²) in [5, 5.41) is 13.4. The lowest BCUT2D eigenvalue weighted by atomic mass is 9.79. The highest BCUT2D eigenvalue weighted by atomic mass is 127. The van der Waals surface area contributed by atoms with E-state index in [1.54, 1.807) is 0 Å². The summed E-state index contributed by atoms with van der Waals surface area (Å²) in [5.74, 6) is 0.592. The number of hydrogen-bond acceptors (Lipinski definition) is 2. The summed E-state index contributed by atoms with van der Waals surface area (Å²) in [6.07, 6.45) is 3.63. The van der Waals surface area contributed by atoms with Crippen LogP contribution in [0.15, 0.2) is 18.2 Å². The first-order valence-corrected chi connectivity index (χ1v) is 8.25. The summed E-state index contributed by atoms with van der Waals surface area (Å²) < 4.78 is 0.979. The van der Waals surface area contributed by atoms with E-state index in [0.717, 1.165) is 34.8 Å². The molecular formula is C16H22INO2. The number of rotatable bonds is 3. The Hall–Kier alpha value is -0.620. The fraction of sp³-hybridized carbons (Fsp3) is 0.562. The number of hydrogen-bond donors (Lipinski definition) is 2. The number of aryl methyl sites for hydroxylation is 1. The highest BCUT2D eigenvalue weighted by molar-refractivity contribution is 14.1. The van der Waals surface area contributed by atoms with E-state index in [4.69, 9.17) is 0 Å². The maximum Gasteiger partial charge on any atom is 0.252 e. The molecule has 1 aromatic carbocycles. The Balaban J connectivity index is 1.97. The molecule has 0 heterocycles. The van der Waals surface area contributed by atoms with Gasteiger partial charge in [-0.3, -0.25) is 4.79 Å². The lowest BCUT2D eigenvalue weighted by molar-refractivity contribution is -0.00540. The van der Waals surface area contributed by atoms with Gasteiger partial charge in [0, 0.05) is 10.1 Å². The van der Waals surface area contributed by atoms with Crippen LogP contribution in [-0.4, -0.2) is 23.2 Å². The molecule has 2 N–H and O–H groups in total. The third-order valence-electron chi connectivity index (χ3n) is 4.22. The predicted octanol–water partition coefficient (Wildman–Crippen LogP) is 3.27. The van der Waals surface area contributed by atoms with E-state index in [-0.39, 0.29) is 5.91 Å². The van der Waals surface area contributed by atoms with Crippen molar-refractivity contribution in [3.8, 4) is 0 Å². The van der Waals surface area contributed by atoms with Crippen molar-refractivity contribution in [2.45, 2.75) is 45.1 Å². The Kier molecular flexibility index (Phi) is 5.07. The van der Waals surface area contributed by atoms with Gasteiger partial charge in [0.05, 0.1) is 11.2 Å². The van der Waals surface area contributed by atoms with Gasteiger partial charge in [0.25, 0.3) is 5.91 Å². The van der Waals surface area contributed by atoms with Crippen molar-refractivity contribution in [2.75, 3.05) is 6.54 Å². The minimum Gasteiger partial charge on any atom is -0.388 e. The summed E-state index contributed by atoms with van der Waals surface area (Å²) in [6.45, 7) is 4.56. The summed E-state index contributed by atoms with van der Waals surface area (Å²) in [4.78, 5) is 12.2. The van der Waals surface area contributed by atoms with Crippen molar-refractivity contribution >= 4 is 28.5 Å². The molecule has 1 aliphatic carbocycles. The zero-order chi connectivity index (χ0) is 14.8. The Morgan fingerprint density at radius 2 is 2.10 bits per heavy atom. The molecule has 0 radical (unpaired) electrons. The van der Waals surface area contributed by atoms with Crippen molar-refractivity contribution in [2.24, 2.45) is 5.92 Å². The number of halogens is 1. The maximum absolute atomic E-state index is 12.2. The summed E-state index contributed by atoms with van der Waals surface area (Å²) in [7, 11) is 0. The number of carbonyl (C=O) groups is 1. The molecule has 4 heteroatoms. The van der Waals surface area contributed by atoms with Gasteiger partial charge in [0.2, 0.25) is 0 Å². The van der Waals surface area contributed by atoms with Gasteiger partial charge in [0.15, 0.2) is 0 Å². The fourth-order valence-electron chi connectivity index (χ4n) is 2.64. The Morgan fingerprint density at radius 1 is 1.45 bits per heavy atom. The van der Waals surface area contributed by atoms with E-state index in [9.17, 15) is 9.90 Å². The van der Waals surface area contributed by atoms with Crippen LogP contribution in [0.4, 0.5) is 0 Å². The second-order valence-electron chi connectivity index (χ2n) is 6.03. The molecule has 2 rings (SSSR count). The predicted molar refractivity (Wildman–Crippen MR) is 88.8 cm³/mol. The third kappa shape index (κ3) is 3.73. The summed E-state index contributed by atoms with van der Waals surface area (Å²) in [6, 6.07) is 5.72. The summed E-state index contributed by atoms with van der Waals surface area (Å²) >= 11 is 2.20. The Morgan fingerprint density at radius 3 is 2.75 bits per heavy atom. The molecule has 1 amide bonds. The molecule has 0 spiro atoms. The van der Waals surface area contributed by atoms with Gasteiger partial charge in [-0.05, 0) is 72.7 Å². The smallest absolute Gasteiger partial charge is 0.252 e. The number of aliphatic hydroxyl groups is 1. The lowest BCUT2D eigenvalue weighted by Gasteiger charge is -2.35. The van der Waals surface area contributed by atoms with Gasteiger partial charge < -0.3 is 10.4 Å². The number of amides is 1. The van der Waals surface area contributed by atoms with Crippen LogP contribution >= 0.6 is 22.6 Å². The normalized spacial score (nSPS) is 26.3. The van der Waals surface area contributed by atoms with Crippen molar-refractivity contribution in [3.05, 3.63) is 32.9 Å². The molecular weight excluding hydrogens is 365 g/mol. The Bertz CT molecular complexity index is 493. The number of carbonyl (C=O) groups excluding carboxylic acids is 1. The van der Waals surface area contributed by atoms with E-state index >= 15 is 0 Å². The van der Waals surface area contributed by atoms with Crippen LogP contribution in [0.1, 0.15) is 48.5 Å². The van der Waals surface area contributed by atoms with Crippen molar-refractivity contribution in [1.29, 1.82) is 0 Å². The molecule has 0 saturated heterocycles.